The molecule has 3 nitrogen and oxygen atoms in total. The quantitative estimate of drug-likeness (QED) is 0.848. The molecule has 0 saturated heterocycles. The van der Waals surface area contributed by atoms with Crippen LogP contribution in [0.1, 0.15) is 30.9 Å². The molecule has 0 atom stereocenters. The molecule has 2 heterocycles. The lowest BCUT2D eigenvalue weighted by atomic mass is 10.2. The Labute approximate surface area is 128 Å². The van der Waals surface area contributed by atoms with Crippen LogP contribution in [0.4, 0.5) is 10.2 Å². The molecule has 21 heavy (non-hydrogen) atoms. The van der Waals surface area contributed by atoms with Gasteiger partial charge in [0.1, 0.15) is 11.6 Å². The molecule has 2 aromatic heterocycles. The summed E-state index contributed by atoms with van der Waals surface area (Å²) in [6.07, 6.45) is 3.72. The van der Waals surface area contributed by atoms with Crippen molar-refractivity contribution in [2.45, 2.75) is 38.9 Å². The van der Waals surface area contributed by atoms with Crippen LogP contribution < -0.4 is 10.2 Å². The summed E-state index contributed by atoms with van der Waals surface area (Å²) < 4.78 is 13.5. The van der Waals surface area contributed by atoms with E-state index < -0.39 is 0 Å². The van der Waals surface area contributed by atoms with Gasteiger partial charge in [0.25, 0.3) is 0 Å². The zero-order valence-corrected chi connectivity index (χ0v) is 13.0. The highest BCUT2D eigenvalue weighted by atomic mass is 32.1. The number of nitrogens with zero attached hydrogens (tertiary/aromatic N) is 2. The highest BCUT2D eigenvalue weighted by Gasteiger charge is 2.31. The van der Waals surface area contributed by atoms with E-state index in [2.05, 4.69) is 39.0 Å². The Kier molecular flexibility index (Phi) is 4.51. The molecule has 3 rings (SSSR count). The van der Waals surface area contributed by atoms with Gasteiger partial charge in [-0.3, -0.25) is 0 Å². The number of rotatable bonds is 7. The minimum absolute atomic E-state index is 0.266. The number of thiophene rings is 1. The SMILES string of the molecule is CCNCc1cc(F)cnc1N(Cc1ccsc1)C1CC1. The number of aromatic nitrogens is 1. The number of hydrogen-bond donors (Lipinski definition) is 1. The lowest BCUT2D eigenvalue weighted by Crippen LogP contribution is -2.28. The second-order valence-corrected chi connectivity index (χ2v) is 6.19. The molecule has 0 radical (unpaired) electrons. The molecule has 1 fully saturated rings. The maximum atomic E-state index is 13.5. The van der Waals surface area contributed by atoms with E-state index in [0.717, 1.165) is 24.5 Å². The summed E-state index contributed by atoms with van der Waals surface area (Å²) in [6, 6.07) is 4.30. The Bertz CT molecular complexity index is 581. The molecule has 1 saturated carbocycles. The molecule has 0 amide bonds. The average molecular weight is 305 g/mol. The Balaban J connectivity index is 1.87. The first-order valence-corrected chi connectivity index (χ1v) is 8.35. The van der Waals surface area contributed by atoms with Gasteiger partial charge in [0.2, 0.25) is 0 Å². The van der Waals surface area contributed by atoms with Crippen molar-refractivity contribution in [3.8, 4) is 0 Å². The third-order valence-corrected chi connectivity index (χ3v) is 4.40. The van der Waals surface area contributed by atoms with Crippen LogP contribution >= 0.6 is 11.3 Å². The van der Waals surface area contributed by atoms with Crippen molar-refractivity contribution in [1.82, 2.24) is 10.3 Å². The van der Waals surface area contributed by atoms with E-state index in [4.69, 9.17) is 0 Å². The van der Waals surface area contributed by atoms with Gasteiger partial charge in [-0.05, 0) is 47.8 Å². The van der Waals surface area contributed by atoms with E-state index >= 15 is 0 Å². The lowest BCUT2D eigenvalue weighted by Gasteiger charge is -2.25. The molecule has 5 heteroatoms. The summed E-state index contributed by atoms with van der Waals surface area (Å²) >= 11 is 1.71. The zero-order valence-electron chi connectivity index (χ0n) is 12.2. The van der Waals surface area contributed by atoms with E-state index in [1.54, 1.807) is 17.4 Å². The van der Waals surface area contributed by atoms with Gasteiger partial charge in [0.05, 0.1) is 6.20 Å². The van der Waals surface area contributed by atoms with Crippen molar-refractivity contribution in [2.75, 3.05) is 11.4 Å². The molecule has 0 bridgehead atoms. The van der Waals surface area contributed by atoms with E-state index in [1.165, 1.54) is 24.6 Å². The Hall–Kier alpha value is -1.46. The van der Waals surface area contributed by atoms with E-state index in [1.807, 2.05) is 0 Å². The van der Waals surface area contributed by atoms with Gasteiger partial charge in [-0.25, -0.2) is 9.37 Å². The van der Waals surface area contributed by atoms with Crippen molar-refractivity contribution in [3.63, 3.8) is 0 Å². The lowest BCUT2D eigenvalue weighted by molar-refractivity contribution is 0.611. The summed E-state index contributed by atoms with van der Waals surface area (Å²) in [5, 5.41) is 7.54. The molecule has 2 aromatic rings. The summed E-state index contributed by atoms with van der Waals surface area (Å²) in [4.78, 5) is 6.72. The third-order valence-electron chi connectivity index (χ3n) is 3.67. The van der Waals surface area contributed by atoms with Crippen LogP contribution in [0.5, 0.6) is 0 Å². The fourth-order valence-corrected chi connectivity index (χ4v) is 3.12. The number of hydrogen-bond acceptors (Lipinski definition) is 4. The van der Waals surface area contributed by atoms with Crippen LogP contribution in [0, 0.1) is 5.82 Å². The minimum atomic E-state index is -0.266. The van der Waals surface area contributed by atoms with Gasteiger partial charge in [0, 0.05) is 24.7 Å². The molecule has 1 aliphatic rings. The first-order chi connectivity index (χ1) is 10.3. The number of anilines is 1. The maximum Gasteiger partial charge on any atom is 0.141 e. The monoisotopic (exact) mass is 305 g/mol. The standard InChI is InChI=1S/C16H20FN3S/c1-2-18-8-13-7-14(17)9-19-16(13)20(15-3-4-15)10-12-5-6-21-11-12/h5-7,9,11,15,18H,2-4,8,10H2,1H3. The van der Waals surface area contributed by atoms with Crippen LogP contribution in [0.25, 0.3) is 0 Å². The smallest absolute Gasteiger partial charge is 0.141 e. The summed E-state index contributed by atoms with van der Waals surface area (Å²) in [5.41, 5.74) is 2.24. The van der Waals surface area contributed by atoms with Gasteiger partial charge in [-0.1, -0.05) is 6.92 Å². The first-order valence-electron chi connectivity index (χ1n) is 7.40. The summed E-state index contributed by atoms with van der Waals surface area (Å²) in [7, 11) is 0. The predicted octanol–water partition coefficient (Wildman–Crippen LogP) is 3.56. The molecule has 0 aliphatic heterocycles. The second-order valence-electron chi connectivity index (χ2n) is 5.41. The normalized spacial score (nSPS) is 14.4. The molecule has 0 spiro atoms. The minimum Gasteiger partial charge on any atom is -0.349 e. The second kappa shape index (κ2) is 6.54. The maximum absolute atomic E-state index is 13.5. The molecule has 0 unspecified atom stereocenters. The molecule has 1 aliphatic carbocycles. The van der Waals surface area contributed by atoms with E-state index in [9.17, 15) is 4.39 Å². The van der Waals surface area contributed by atoms with Crippen molar-refractivity contribution < 1.29 is 4.39 Å². The molecular weight excluding hydrogens is 285 g/mol. The van der Waals surface area contributed by atoms with Crippen molar-refractivity contribution >= 4 is 17.2 Å². The van der Waals surface area contributed by atoms with Gasteiger partial charge in [0.15, 0.2) is 0 Å². The van der Waals surface area contributed by atoms with Crippen molar-refractivity contribution in [3.05, 3.63) is 46.0 Å². The van der Waals surface area contributed by atoms with Crippen LogP contribution in [0.2, 0.25) is 0 Å². The summed E-state index contributed by atoms with van der Waals surface area (Å²) in [6.45, 7) is 4.43. The average Bonchev–Trinajstić information content (AvgIpc) is 3.20. The number of pyridine rings is 1. The van der Waals surface area contributed by atoms with Crippen LogP contribution in [0.3, 0.4) is 0 Å². The van der Waals surface area contributed by atoms with Crippen molar-refractivity contribution in [2.24, 2.45) is 0 Å². The summed E-state index contributed by atoms with van der Waals surface area (Å²) in [5.74, 6) is 0.656. The van der Waals surface area contributed by atoms with Crippen LogP contribution in [-0.2, 0) is 13.1 Å². The Morgan fingerprint density at radius 1 is 1.48 bits per heavy atom. The molecule has 0 aromatic carbocycles. The zero-order chi connectivity index (χ0) is 14.7. The fraction of sp³-hybridized carbons (Fsp3) is 0.438. The highest BCUT2D eigenvalue weighted by Crippen LogP contribution is 2.34. The van der Waals surface area contributed by atoms with Gasteiger partial charge >= 0.3 is 0 Å². The van der Waals surface area contributed by atoms with Crippen molar-refractivity contribution in [1.29, 1.82) is 0 Å². The fourth-order valence-electron chi connectivity index (χ4n) is 2.46. The number of nitrogens with one attached hydrogen (secondary N) is 1. The van der Waals surface area contributed by atoms with Gasteiger partial charge < -0.3 is 10.2 Å². The number of halogens is 1. The van der Waals surface area contributed by atoms with E-state index in [0.29, 0.717) is 12.6 Å². The molecular formula is C16H20FN3S. The topological polar surface area (TPSA) is 28.2 Å². The van der Waals surface area contributed by atoms with Crippen LogP contribution in [-0.4, -0.2) is 17.6 Å². The Morgan fingerprint density at radius 2 is 2.33 bits per heavy atom. The largest absolute Gasteiger partial charge is 0.349 e. The third kappa shape index (κ3) is 3.60. The van der Waals surface area contributed by atoms with Gasteiger partial charge in [-0.15, -0.1) is 0 Å². The van der Waals surface area contributed by atoms with Crippen LogP contribution in [0.15, 0.2) is 29.1 Å². The molecule has 112 valence electrons. The van der Waals surface area contributed by atoms with Gasteiger partial charge in [-0.2, -0.15) is 11.3 Å². The first kappa shape index (κ1) is 14.5. The molecule has 1 N–H and O–H groups in total. The predicted molar refractivity (Wildman–Crippen MR) is 85.1 cm³/mol. The Morgan fingerprint density at radius 3 is 3.00 bits per heavy atom. The highest BCUT2D eigenvalue weighted by molar-refractivity contribution is 7.07. The van der Waals surface area contributed by atoms with E-state index in [-0.39, 0.29) is 5.82 Å².